The Balaban J connectivity index is 4.12. The van der Waals surface area contributed by atoms with Crippen molar-refractivity contribution in [3.63, 3.8) is 0 Å². The Labute approximate surface area is 65.2 Å². The van der Waals surface area contributed by atoms with Gasteiger partial charge < -0.3 is 4.74 Å². The maximum atomic E-state index is 10.7. The van der Waals surface area contributed by atoms with Gasteiger partial charge >= 0.3 is 6.09 Å². The van der Waals surface area contributed by atoms with E-state index in [9.17, 15) is 9.59 Å². The summed E-state index contributed by atoms with van der Waals surface area (Å²) >= 11 is 0. The molecule has 4 heteroatoms. The smallest absolute Gasteiger partial charge is 0.411 e. The number of ether oxygens (including phenoxy) is 1. The molecule has 0 heterocycles. The number of hydrogen-bond donors (Lipinski definition) is 1. The van der Waals surface area contributed by atoms with Crippen LogP contribution in [0.4, 0.5) is 4.79 Å². The summed E-state index contributed by atoms with van der Waals surface area (Å²) in [5.41, 5.74) is 0.247. The first-order valence-corrected chi connectivity index (χ1v) is 3.14. The van der Waals surface area contributed by atoms with Gasteiger partial charge in [-0.1, -0.05) is 6.08 Å². The van der Waals surface area contributed by atoms with Crippen molar-refractivity contribution >= 4 is 11.9 Å². The van der Waals surface area contributed by atoms with Crippen molar-refractivity contribution in [2.24, 2.45) is 0 Å². The van der Waals surface area contributed by atoms with E-state index in [4.69, 9.17) is 0 Å². The van der Waals surface area contributed by atoms with E-state index >= 15 is 0 Å². The number of hydrogen-bond acceptors (Lipinski definition) is 3. The summed E-state index contributed by atoms with van der Waals surface area (Å²) in [7, 11) is 1.24. The second-order valence-corrected chi connectivity index (χ2v) is 1.88. The minimum atomic E-state index is -0.631. The quantitative estimate of drug-likeness (QED) is 0.604. The molecule has 4 nitrogen and oxygen atoms in total. The van der Waals surface area contributed by atoms with Gasteiger partial charge in [0.1, 0.15) is 0 Å². The van der Waals surface area contributed by atoms with E-state index in [0.717, 1.165) is 0 Å². The van der Waals surface area contributed by atoms with Crippen LogP contribution in [-0.4, -0.2) is 19.0 Å². The number of ketones is 1. The lowest BCUT2D eigenvalue weighted by molar-refractivity contribution is -0.113. The molecular formula is C7H11NO3. The second kappa shape index (κ2) is 4.49. The van der Waals surface area contributed by atoms with Gasteiger partial charge in [0, 0.05) is 6.92 Å². The molecule has 0 aromatic carbocycles. The first kappa shape index (κ1) is 9.68. The highest BCUT2D eigenvalue weighted by molar-refractivity contribution is 5.95. The third-order valence-corrected chi connectivity index (χ3v) is 1.09. The molecule has 0 aliphatic heterocycles. The SMILES string of the molecule is C/C=C(\NC(=O)OC)C(C)=O. The molecule has 0 fully saturated rings. The Bertz CT molecular complexity index is 196. The van der Waals surface area contributed by atoms with Crippen LogP contribution in [0.2, 0.25) is 0 Å². The monoisotopic (exact) mass is 157 g/mol. The molecule has 0 atom stereocenters. The Morgan fingerprint density at radius 3 is 2.27 bits per heavy atom. The Morgan fingerprint density at radius 1 is 1.45 bits per heavy atom. The minimum absolute atomic E-state index is 0.196. The fourth-order valence-electron chi connectivity index (χ4n) is 0.524. The van der Waals surface area contributed by atoms with Crippen LogP contribution in [0.15, 0.2) is 11.8 Å². The third kappa shape index (κ3) is 3.40. The van der Waals surface area contributed by atoms with Crippen LogP contribution < -0.4 is 5.32 Å². The molecule has 0 saturated heterocycles. The minimum Gasteiger partial charge on any atom is -0.453 e. The van der Waals surface area contributed by atoms with Crippen molar-refractivity contribution in [1.82, 2.24) is 5.32 Å². The standard InChI is InChI=1S/C7H11NO3/c1-4-6(5(2)9)8-7(10)11-3/h4H,1-3H3,(H,8,10)/b6-4-. The molecule has 1 amide bonds. The van der Waals surface area contributed by atoms with Crippen LogP contribution in [-0.2, 0) is 9.53 Å². The summed E-state index contributed by atoms with van der Waals surface area (Å²) in [4.78, 5) is 21.2. The number of nitrogens with one attached hydrogen (secondary N) is 1. The normalized spacial score (nSPS) is 10.6. The molecule has 1 N–H and O–H groups in total. The molecule has 0 aromatic heterocycles. The van der Waals surface area contributed by atoms with Gasteiger partial charge in [-0.05, 0) is 6.92 Å². The van der Waals surface area contributed by atoms with Crippen LogP contribution in [0.3, 0.4) is 0 Å². The average molecular weight is 157 g/mol. The van der Waals surface area contributed by atoms with Crippen LogP contribution in [0.5, 0.6) is 0 Å². The summed E-state index contributed by atoms with van der Waals surface area (Å²) in [5.74, 6) is -0.196. The van der Waals surface area contributed by atoms with Crippen molar-refractivity contribution in [2.75, 3.05) is 7.11 Å². The lowest BCUT2D eigenvalue weighted by Gasteiger charge is -2.03. The summed E-state index contributed by atoms with van der Waals surface area (Å²) in [6.45, 7) is 3.03. The Morgan fingerprint density at radius 2 is 2.00 bits per heavy atom. The van der Waals surface area contributed by atoms with Gasteiger partial charge in [-0.2, -0.15) is 0 Å². The van der Waals surface area contributed by atoms with Crippen molar-refractivity contribution in [1.29, 1.82) is 0 Å². The van der Waals surface area contributed by atoms with Crippen molar-refractivity contribution in [3.8, 4) is 0 Å². The van der Waals surface area contributed by atoms with Crippen LogP contribution >= 0.6 is 0 Å². The maximum absolute atomic E-state index is 10.7. The highest BCUT2D eigenvalue weighted by atomic mass is 16.5. The summed E-state index contributed by atoms with van der Waals surface area (Å²) < 4.78 is 4.29. The molecule has 0 rings (SSSR count). The maximum Gasteiger partial charge on any atom is 0.411 e. The predicted molar refractivity (Wildman–Crippen MR) is 40.0 cm³/mol. The number of Topliss-reactive ketones (excluding diaryl/α,β-unsaturated/α-hetero) is 1. The number of allylic oxidation sites excluding steroid dienone is 2. The van der Waals surface area contributed by atoms with Gasteiger partial charge in [-0.3, -0.25) is 10.1 Å². The third-order valence-electron chi connectivity index (χ3n) is 1.09. The number of methoxy groups -OCH3 is 1. The highest BCUT2D eigenvalue weighted by Crippen LogP contribution is 1.90. The summed E-state index contributed by atoms with van der Waals surface area (Å²) in [6, 6.07) is 0. The zero-order valence-corrected chi connectivity index (χ0v) is 6.80. The van der Waals surface area contributed by atoms with Crippen molar-refractivity contribution < 1.29 is 14.3 Å². The molecule has 0 unspecified atom stereocenters. The van der Waals surface area contributed by atoms with Gasteiger partial charge in [0.2, 0.25) is 0 Å². The molecule has 0 aliphatic carbocycles. The van der Waals surface area contributed by atoms with E-state index in [1.807, 2.05) is 0 Å². The van der Waals surface area contributed by atoms with Gasteiger partial charge in [0.25, 0.3) is 0 Å². The van der Waals surface area contributed by atoms with E-state index in [1.54, 1.807) is 6.92 Å². The largest absolute Gasteiger partial charge is 0.453 e. The van der Waals surface area contributed by atoms with Crippen molar-refractivity contribution in [3.05, 3.63) is 11.8 Å². The molecule has 0 radical (unpaired) electrons. The zero-order chi connectivity index (χ0) is 8.85. The number of carbonyl (C=O) groups excluding carboxylic acids is 2. The molecule has 62 valence electrons. The Kier molecular flexibility index (Phi) is 3.95. The Hall–Kier alpha value is -1.32. The van der Waals surface area contributed by atoms with E-state index in [1.165, 1.54) is 20.1 Å². The first-order chi connectivity index (χ1) is 5.11. The lowest BCUT2D eigenvalue weighted by atomic mass is 10.3. The van der Waals surface area contributed by atoms with E-state index in [2.05, 4.69) is 10.1 Å². The van der Waals surface area contributed by atoms with Gasteiger partial charge in [-0.15, -0.1) is 0 Å². The van der Waals surface area contributed by atoms with Gasteiger partial charge in [0.15, 0.2) is 5.78 Å². The van der Waals surface area contributed by atoms with Gasteiger partial charge in [0.05, 0.1) is 12.8 Å². The predicted octanol–water partition coefficient (Wildman–Crippen LogP) is 0.835. The first-order valence-electron chi connectivity index (χ1n) is 3.14. The second-order valence-electron chi connectivity index (χ2n) is 1.88. The fourth-order valence-corrected chi connectivity index (χ4v) is 0.524. The number of amides is 1. The van der Waals surface area contributed by atoms with E-state index < -0.39 is 6.09 Å². The number of carbonyl (C=O) groups is 2. The average Bonchev–Trinajstić information content (AvgIpc) is 1.99. The highest BCUT2D eigenvalue weighted by Gasteiger charge is 2.05. The summed E-state index contributed by atoms with van der Waals surface area (Å²) in [6.07, 6.45) is 0.882. The molecule has 0 aromatic rings. The van der Waals surface area contributed by atoms with Crippen LogP contribution in [0.1, 0.15) is 13.8 Å². The molecule has 11 heavy (non-hydrogen) atoms. The van der Waals surface area contributed by atoms with Crippen molar-refractivity contribution in [2.45, 2.75) is 13.8 Å². The molecule has 0 aliphatic rings. The van der Waals surface area contributed by atoms with E-state index in [0.29, 0.717) is 0 Å². The number of alkyl carbamates (subject to hydrolysis) is 1. The summed E-state index contributed by atoms with van der Waals surface area (Å²) in [5, 5.41) is 2.27. The molecule has 0 bridgehead atoms. The molecule has 0 saturated carbocycles. The fraction of sp³-hybridized carbons (Fsp3) is 0.429. The molecule has 0 spiro atoms. The van der Waals surface area contributed by atoms with Gasteiger partial charge in [-0.25, -0.2) is 4.79 Å². The van der Waals surface area contributed by atoms with Crippen LogP contribution in [0, 0.1) is 0 Å². The topological polar surface area (TPSA) is 55.4 Å². The lowest BCUT2D eigenvalue weighted by Crippen LogP contribution is -2.25. The van der Waals surface area contributed by atoms with Crippen LogP contribution in [0.25, 0.3) is 0 Å². The zero-order valence-electron chi connectivity index (χ0n) is 6.80. The number of rotatable bonds is 2. The van der Waals surface area contributed by atoms with E-state index in [-0.39, 0.29) is 11.5 Å². The molecular weight excluding hydrogens is 146 g/mol.